The van der Waals surface area contributed by atoms with E-state index in [4.69, 9.17) is 5.11 Å². The molecule has 0 bridgehead atoms. The number of amides is 1. The Hall–Kier alpha value is -1.85. The van der Waals surface area contributed by atoms with Crippen molar-refractivity contribution in [1.82, 2.24) is 10.2 Å². The van der Waals surface area contributed by atoms with E-state index < -0.39 is 5.97 Å². The third-order valence-electron chi connectivity index (χ3n) is 2.47. The van der Waals surface area contributed by atoms with Gasteiger partial charge in [-0.05, 0) is 12.8 Å². The molecule has 0 saturated heterocycles. The van der Waals surface area contributed by atoms with Gasteiger partial charge in [0.1, 0.15) is 0 Å². The molecular formula is C9H11N3O3. The number of rotatable bonds is 1. The number of carbonyl (C=O) groups is 2. The molecule has 1 amide bonds. The Morgan fingerprint density at radius 1 is 1.53 bits per heavy atom. The zero-order valence-electron chi connectivity index (χ0n) is 8.28. The second-order valence-electron chi connectivity index (χ2n) is 3.48. The number of anilines is 1. The average Bonchev–Trinajstić information content (AvgIpc) is 2.60. The van der Waals surface area contributed by atoms with Crippen LogP contribution in [0.4, 0.5) is 5.69 Å². The number of aromatic nitrogens is 2. The summed E-state index contributed by atoms with van der Waals surface area (Å²) in [5, 5.41) is 15.3. The Morgan fingerprint density at radius 2 is 2.27 bits per heavy atom. The molecule has 2 N–H and O–H groups in total. The zero-order valence-corrected chi connectivity index (χ0v) is 8.28. The van der Waals surface area contributed by atoms with E-state index in [0.29, 0.717) is 12.2 Å². The third-order valence-corrected chi connectivity index (χ3v) is 2.47. The first-order valence-electron chi connectivity index (χ1n) is 4.70. The first-order chi connectivity index (χ1) is 7.11. The van der Waals surface area contributed by atoms with Crippen molar-refractivity contribution < 1.29 is 14.7 Å². The van der Waals surface area contributed by atoms with Gasteiger partial charge in [-0.25, -0.2) is 4.79 Å². The second kappa shape index (κ2) is 3.38. The number of nitrogens with zero attached hydrogens (tertiary/aromatic N) is 2. The highest BCUT2D eigenvalue weighted by atomic mass is 16.4. The van der Waals surface area contributed by atoms with Gasteiger partial charge >= 0.3 is 5.97 Å². The summed E-state index contributed by atoms with van der Waals surface area (Å²) < 4.78 is 0. The van der Waals surface area contributed by atoms with Gasteiger partial charge in [0.05, 0.1) is 11.4 Å². The minimum Gasteiger partial charge on any atom is -0.476 e. The van der Waals surface area contributed by atoms with Crippen molar-refractivity contribution in [2.75, 3.05) is 11.4 Å². The maximum Gasteiger partial charge on any atom is 0.358 e. The van der Waals surface area contributed by atoms with Gasteiger partial charge in [-0.15, -0.1) is 0 Å². The number of hydrogen-bond donors (Lipinski definition) is 2. The van der Waals surface area contributed by atoms with Crippen molar-refractivity contribution in [1.29, 1.82) is 0 Å². The number of H-pyrrole nitrogens is 1. The lowest BCUT2D eigenvalue weighted by Gasteiger charge is -2.25. The number of fused-ring (bicyclic) bond motifs is 1. The molecule has 1 aromatic rings. The van der Waals surface area contributed by atoms with E-state index in [1.807, 2.05) is 0 Å². The molecule has 80 valence electrons. The molecule has 0 spiro atoms. The lowest BCUT2D eigenvalue weighted by molar-refractivity contribution is -0.116. The summed E-state index contributed by atoms with van der Waals surface area (Å²) in [6, 6.07) is 0. The van der Waals surface area contributed by atoms with Crippen LogP contribution in [0.5, 0.6) is 0 Å². The van der Waals surface area contributed by atoms with Crippen LogP contribution in [0.1, 0.15) is 29.5 Å². The van der Waals surface area contributed by atoms with Gasteiger partial charge < -0.3 is 10.0 Å². The number of aromatic amines is 1. The van der Waals surface area contributed by atoms with E-state index >= 15 is 0 Å². The van der Waals surface area contributed by atoms with Gasteiger partial charge in [0.25, 0.3) is 0 Å². The smallest absolute Gasteiger partial charge is 0.358 e. The SMILES string of the molecule is CC(=O)N1CCCc2[nH]nc(C(=O)O)c21. The van der Waals surface area contributed by atoms with Gasteiger partial charge in [-0.3, -0.25) is 9.89 Å². The predicted molar refractivity (Wildman–Crippen MR) is 51.9 cm³/mol. The predicted octanol–water partition coefficient (Wildman–Crippen LogP) is 0.407. The molecule has 1 aliphatic rings. The van der Waals surface area contributed by atoms with Crippen LogP contribution >= 0.6 is 0 Å². The summed E-state index contributed by atoms with van der Waals surface area (Å²) in [4.78, 5) is 23.7. The highest BCUT2D eigenvalue weighted by Crippen LogP contribution is 2.28. The van der Waals surface area contributed by atoms with Crippen molar-refractivity contribution >= 4 is 17.6 Å². The van der Waals surface area contributed by atoms with E-state index in [2.05, 4.69) is 10.2 Å². The molecule has 1 aliphatic heterocycles. The van der Waals surface area contributed by atoms with Crippen LogP contribution in [-0.4, -0.2) is 33.7 Å². The molecular weight excluding hydrogens is 198 g/mol. The van der Waals surface area contributed by atoms with Crippen LogP contribution < -0.4 is 4.90 Å². The van der Waals surface area contributed by atoms with E-state index in [1.165, 1.54) is 11.8 Å². The first-order valence-corrected chi connectivity index (χ1v) is 4.70. The number of carbonyl (C=O) groups excluding carboxylic acids is 1. The lowest BCUT2D eigenvalue weighted by atomic mass is 10.1. The van der Waals surface area contributed by atoms with Crippen LogP contribution in [0, 0.1) is 0 Å². The summed E-state index contributed by atoms with van der Waals surface area (Å²) in [7, 11) is 0. The van der Waals surface area contributed by atoms with Crippen LogP contribution in [-0.2, 0) is 11.2 Å². The Kier molecular flexibility index (Phi) is 2.18. The molecule has 15 heavy (non-hydrogen) atoms. The molecule has 0 atom stereocenters. The Labute approximate surface area is 85.9 Å². The largest absolute Gasteiger partial charge is 0.476 e. The molecule has 0 aromatic carbocycles. The molecule has 0 fully saturated rings. The van der Waals surface area contributed by atoms with Gasteiger partial charge in [0, 0.05) is 13.5 Å². The lowest BCUT2D eigenvalue weighted by Crippen LogP contribution is -2.34. The minimum atomic E-state index is -1.11. The van der Waals surface area contributed by atoms with Gasteiger partial charge in [-0.2, -0.15) is 5.10 Å². The highest BCUT2D eigenvalue weighted by Gasteiger charge is 2.28. The molecule has 0 saturated carbocycles. The van der Waals surface area contributed by atoms with Crippen molar-refractivity contribution in [3.8, 4) is 0 Å². The van der Waals surface area contributed by atoms with Gasteiger partial charge in [0.2, 0.25) is 5.91 Å². The summed E-state index contributed by atoms with van der Waals surface area (Å²) in [5.74, 6) is -1.26. The highest BCUT2D eigenvalue weighted by molar-refractivity contribution is 6.01. The average molecular weight is 209 g/mol. The van der Waals surface area contributed by atoms with Crippen molar-refractivity contribution in [2.24, 2.45) is 0 Å². The van der Waals surface area contributed by atoms with Crippen LogP contribution in [0.15, 0.2) is 0 Å². The molecule has 0 unspecified atom stereocenters. The van der Waals surface area contributed by atoms with E-state index in [9.17, 15) is 9.59 Å². The second-order valence-corrected chi connectivity index (χ2v) is 3.48. The van der Waals surface area contributed by atoms with Crippen LogP contribution in [0.2, 0.25) is 0 Å². The van der Waals surface area contributed by atoms with Gasteiger partial charge in [0.15, 0.2) is 5.69 Å². The molecule has 0 aliphatic carbocycles. The van der Waals surface area contributed by atoms with Crippen LogP contribution in [0.3, 0.4) is 0 Å². The van der Waals surface area contributed by atoms with Crippen molar-refractivity contribution in [2.45, 2.75) is 19.8 Å². The standard InChI is InChI=1S/C9H11N3O3/c1-5(13)12-4-2-3-6-8(12)7(9(14)15)11-10-6/h2-4H2,1H3,(H,10,11)(H,14,15). The number of hydrogen-bond acceptors (Lipinski definition) is 3. The number of aromatic carboxylic acids is 1. The summed E-state index contributed by atoms with van der Waals surface area (Å²) in [6.45, 7) is 1.98. The molecule has 0 radical (unpaired) electrons. The van der Waals surface area contributed by atoms with E-state index in [0.717, 1.165) is 18.5 Å². The summed E-state index contributed by atoms with van der Waals surface area (Å²) in [6.07, 6.45) is 1.56. The minimum absolute atomic E-state index is 0.0695. The Morgan fingerprint density at radius 3 is 2.87 bits per heavy atom. The summed E-state index contributed by atoms with van der Waals surface area (Å²) in [5.41, 5.74) is 1.09. The van der Waals surface area contributed by atoms with Crippen molar-refractivity contribution in [3.63, 3.8) is 0 Å². The fraction of sp³-hybridized carbons (Fsp3) is 0.444. The van der Waals surface area contributed by atoms with E-state index in [1.54, 1.807) is 0 Å². The van der Waals surface area contributed by atoms with Crippen LogP contribution in [0.25, 0.3) is 0 Å². The molecule has 6 nitrogen and oxygen atoms in total. The topological polar surface area (TPSA) is 86.3 Å². The third kappa shape index (κ3) is 1.47. The first kappa shape index (κ1) is 9.70. The van der Waals surface area contributed by atoms with Crippen molar-refractivity contribution in [3.05, 3.63) is 11.4 Å². The Balaban J connectivity index is 2.52. The quantitative estimate of drug-likeness (QED) is 0.701. The monoisotopic (exact) mass is 209 g/mol. The maximum absolute atomic E-state index is 11.3. The number of carboxylic acid groups (broad SMARTS) is 1. The maximum atomic E-state index is 11.3. The fourth-order valence-electron chi connectivity index (χ4n) is 1.83. The molecule has 6 heteroatoms. The Bertz CT molecular complexity index is 424. The molecule has 2 rings (SSSR count). The number of nitrogens with one attached hydrogen (secondary N) is 1. The zero-order chi connectivity index (χ0) is 11.0. The number of carboxylic acids is 1. The van der Waals surface area contributed by atoms with Gasteiger partial charge in [-0.1, -0.05) is 0 Å². The normalized spacial score (nSPS) is 14.9. The fourth-order valence-corrected chi connectivity index (χ4v) is 1.83. The van der Waals surface area contributed by atoms with E-state index in [-0.39, 0.29) is 11.6 Å². The summed E-state index contributed by atoms with van der Waals surface area (Å²) >= 11 is 0. The molecule has 1 aromatic heterocycles. The molecule has 2 heterocycles. The number of aryl methyl sites for hydroxylation is 1.